The molecule has 0 radical (unpaired) electrons. The zero-order valence-electron chi connectivity index (χ0n) is 15.5. The van der Waals surface area contributed by atoms with E-state index < -0.39 is 24.5 Å². The van der Waals surface area contributed by atoms with Crippen LogP contribution in [0.2, 0.25) is 0 Å². The lowest BCUT2D eigenvalue weighted by Gasteiger charge is -2.16. The zero-order valence-corrected chi connectivity index (χ0v) is 15.5. The largest absolute Gasteiger partial charge is 0.482 e. The van der Waals surface area contributed by atoms with Gasteiger partial charge in [-0.15, -0.1) is 0 Å². The molecule has 1 aliphatic heterocycles. The number of carbonyl (C=O) groups excluding carboxylic acids is 3. The first-order valence-electron chi connectivity index (χ1n) is 8.72. The van der Waals surface area contributed by atoms with Crippen molar-refractivity contribution in [2.24, 2.45) is 0 Å². The molecular formula is C21H21NO5. The van der Waals surface area contributed by atoms with Gasteiger partial charge in [-0.05, 0) is 42.2 Å². The van der Waals surface area contributed by atoms with Gasteiger partial charge in [0.25, 0.3) is 11.8 Å². The van der Waals surface area contributed by atoms with Crippen molar-refractivity contribution in [3.63, 3.8) is 0 Å². The second-order valence-electron chi connectivity index (χ2n) is 6.71. The molecule has 0 atom stereocenters. The molecule has 2 amide bonds. The summed E-state index contributed by atoms with van der Waals surface area (Å²) in [6.45, 7) is 5.29. The molecule has 0 saturated heterocycles. The van der Waals surface area contributed by atoms with Gasteiger partial charge in [-0.1, -0.05) is 38.1 Å². The van der Waals surface area contributed by atoms with Gasteiger partial charge in [-0.3, -0.25) is 9.59 Å². The fourth-order valence-electron chi connectivity index (χ4n) is 2.91. The highest BCUT2D eigenvalue weighted by Crippen LogP contribution is 2.27. The number of carbonyl (C=O) groups is 3. The van der Waals surface area contributed by atoms with Crippen molar-refractivity contribution >= 4 is 17.8 Å². The monoisotopic (exact) mass is 367 g/mol. The van der Waals surface area contributed by atoms with Gasteiger partial charge in [-0.25, -0.2) is 9.69 Å². The number of ether oxygens (including phenoxy) is 2. The third kappa shape index (κ3) is 3.84. The number of nitrogens with zero attached hydrogens (tertiary/aromatic N) is 1. The average molecular weight is 367 g/mol. The number of imide groups is 1. The summed E-state index contributed by atoms with van der Waals surface area (Å²) < 4.78 is 10.7. The minimum atomic E-state index is -0.650. The predicted molar refractivity (Wildman–Crippen MR) is 98.7 cm³/mol. The third-order valence-electron chi connectivity index (χ3n) is 4.37. The molecule has 1 aliphatic rings. The van der Waals surface area contributed by atoms with E-state index in [2.05, 4.69) is 0 Å². The number of aryl methyl sites for hydroxylation is 1. The summed E-state index contributed by atoms with van der Waals surface area (Å²) in [6.07, 6.45) is 0. The van der Waals surface area contributed by atoms with Crippen molar-refractivity contribution in [2.45, 2.75) is 26.7 Å². The molecule has 3 rings (SSSR count). The second-order valence-corrected chi connectivity index (χ2v) is 6.71. The first-order valence-corrected chi connectivity index (χ1v) is 8.72. The lowest BCUT2D eigenvalue weighted by Crippen LogP contribution is -2.34. The average Bonchev–Trinajstić information content (AvgIpc) is 2.89. The van der Waals surface area contributed by atoms with E-state index in [4.69, 9.17) is 9.47 Å². The summed E-state index contributed by atoms with van der Waals surface area (Å²) in [5, 5.41) is 0. The van der Waals surface area contributed by atoms with Gasteiger partial charge in [0.15, 0.2) is 13.3 Å². The normalized spacial score (nSPS) is 13.1. The van der Waals surface area contributed by atoms with Crippen molar-refractivity contribution < 1.29 is 23.9 Å². The summed E-state index contributed by atoms with van der Waals surface area (Å²) >= 11 is 0. The highest BCUT2D eigenvalue weighted by atomic mass is 16.6. The van der Waals surface area contributed by atoms with E-state index in [1.807, 2.05) is 39.0 Å². The van der Waals surface area contributed by atoms with Crippen LogP contribution in [0.15, 0.2) is 42.5 Å². The second kappa shape index (κ2) is 7.61. The van der Waals surface area contributed by atoms with Crippen LogP contribution >= 0.6 is 0 Å². The molecule has 140 valence electrons. The van der Waals surface area contributed by atoms with Crippen molar-refractivity contribution in [2.75, 3.05) is 13.3 Å². The number of hydrogen-bond acceptors (Lipinski definition) is 5. The van der Waals surface area contributed by atoms with Crippen molar-refractivity contribution in [3.8, 4) is 5.75 Å². The molecule has 0 spiro atoms. The van der Waals surface area contributed by atoms with Crippen LogP contribution in [0.4, 0.5) is 0 Å². The number of rotatable bonds is 6. The quantitative estimate of drug-likeness (QED) is 0.579. The van der Waals surface area contributed by atoms with Crippen LogP contribution in [0.25, 0.3) is 0 Å². The number of hydrogen-bond donors (Lipinski definition) is 0. The highest BCUT2D eigenvalue weighted by Gasteiger charge is 2.35. The van der Waals surface area contributed by atoms with Crippen LogP contribution in [0.5, 0.6) is 5.75 Å². The van der Waals surface area contributed by atoms with Crippen LogP contribution in [-0.2, 0) is 9.53 Å². The lowest BCUT2D eigenvalue weighted by molar-refractivity contribution is -0.148. The summed E-state index contributed by atoms with van der Waals surface area (Å²) in [4.78, 5) is 37.4. The van der Waals surface area contributed by atoms with Crippen molar-refractivity contribution in [1.29, 1.82) is 0 Å². The summed E-state index contributed by atoms with van der Waals surface area (Å²) in [6, 6.07) is 12.3. The first kappa shape index (κ1) is 18.6. The van der Waals surface area contributed by atoms with Crippen molar-refractivity contribution in [3.05, 3.63) is 64.7 Å². The van der Waals surface area contributed by atoms with Gasteiger partial charge < -0.3 is 9.47 Å². The fourth-order valence-corrected chi connectivity index (χ4v) is 2.91. The van der Waals surface area contributed by atoms with E-state index in [0.717, 1.165) is 16.0 Å². The van der Waals surface area contributed by atoms with E-state index in [1.54, 1.807) is 24.3 Å². The molecular weight excluding hydrogens is 346 g/mol. The van der Waals surface area contributed by atoms with E-state index in [1.165, 1.54) is 0 Å². The van der Waals surface area contributed by atoms with Crippen LogP contribution in [0.1, 0.15) is 51.6 Å². The molecule has 0 fully saturated rings. The molecule has 0 aromatic heterocycles. The van der Waals surface area contributed by atoms with Gasteiger partial charge in [-0.2, -0.15) is 0 Å². The summed E-state index contributed by atoms with van der Waals surface area (Å²) in [5.41, 5.74) is 2.65. The molecule has 6 nitrogen and oxygen atoms in total. The number of benzene rings is 2. The Hall–Kier alpha value is -3.15. The Morgan fingerprint density at radius 3 is 2.26 bits per heavy atom. The first-order chi connectivity index (χ1) is 12.9. The van der Waals surface area contributed by atoms with E-state index >= 15 is 0 Å². The Balaban J connectivity index is 1.58. The Bertz CT molecular complexity index is 868. The molecule has 27 heavy (non-hydrogen) atoms. The van der Waals surface area contributed by atoms with Gasteiger partial charge >= 0.3 is 5.97 Å². The Labute approximate surface area is 157 Å². The topological polar surface area (TPSA) is 72.9 Å². The predicted octanol–water partition coefficient (Wildman–Crippen LogP) is 3.29. The Kier molecular flexibility index (Phi) is 5.26. The smallest absolute Gasteiger partial charge is 0.345 e. The number of esters is 1. The highest BCUT2D eigenvalue weighted by molar-refractivity contribution is 6.21. The van der Waals surface area contributed by atoms with Gasteiger partial charge in [0, 0.05) is 0 Å². The molecule has 0 unspecified atom stereocenters. The summed E-state index contributed by atoms with van der Waals surface area (Å²) in [5.74, 6) is -0.712. The Morgan fingerprint density at radius 1 is 1.04 bits per heavy atom. The SMILES string of the molecule is Cc1ccc(C(C)C)c(OCC(=O)OCN2C(=O)c3ccccc3C2=O)c1. The van der Waals surface area contributed by atoms with Gasteiger partial charge in [0.1, 0.15) is 5.75 Å². The molecule has 6 heteroatoms. The van der Waals surface area contributed by atoms with E-state index in [-0.39, 0.29) is 12.5 Å². The number of amides is 2. The molecule has 0 N–H and O–H groups in total. The lowest BCUT2D eigenvalue weighted by atomic mass is 10.0. The molecule has 1 heterocycles. The third-order valence-corrected chi connectivity index (χ3v) is 4.37. The molecule has 0 bridgehead atoms. The standard InChI is InChI=1S/C21H21NO5/c1-13(2)15-9-8-14(3)10-18(15)26-11-19(23)27-12-22-20(24)16-6-4-5-7-17(16)21(22)25/h4-10,13H,11-12H2,1-3H3. The Morgan fingerprint density at radius 2 is 1.67 bits per heavy atom. The maximum absolute atomic E-state index is 12.2. The number of fused-ring (bicyclic) bond motifs is 1. The van der Waals surface area contributed by atoms with Gasteiger partial charge in [0.2, 0.25) is 0 Å². The molecule has 2 aromatic rings. The molecule has 0 saturated carbocycles. The van der Waals surface area contributed by atoms with Crippen molar-refractivity contribution in [1.82, 2.24) is 4.90 Å². The maximum atomic E-state index is 12.2. The fraction of sp³-hybridized carbons (Fsp3) is 0.286. The van der Waals surface area contributed by atoms with Crippen LogP contribution in [0.3, 0.4) is 0 Å². The van der Waals surface area contributed by atoms with E-state index in [9.17, 15) is 14.4 Å². The zero-order chi connectivity index (χ0) is 19.6. The minimum Gasteiger partial charge on any atom is -0.482 e. The van der Waals surface area contributed by atoms with Crippen LogP contribution in [-0.4, -0.2) is 36.0 Å². The van der Waals surface area contributed by atoms with Crippen LogP contribution in [0, 0.1) is 6.92 Å². The summed E-state index contributed by atoms with van der Waals surface area (Å²) in [7, 11) is 0. The molecule has 0 aliphatic carbocycles. The molecule has 2 aromatic carbocycles. The minimum absolute atomic E-state index is 0.245. The maximum Gasteiger partial charge on any atom is 0.345 e. The van der Waals surface area contributed by atoms with Gasteiger partial charge in [0.05, 0.1) is 11.1 Å². The van der Waals surface area contributed by atoms with E-state index in [0.29, 0.717) is 16.9 Å². The van der Waals surface area contributed by atoms with Crippen LogP contribution < -0.4 is 4.74 Å².